The number of nitrogens with one attached hydrogen (secondary N) is 1. The molecule has 20 heavy (non-hydrogen) atoms. The fraction of sp³-hybridized carbons (Fsp3) is 0.125. The Hall–Kier alpha value is -2.62. The largest absolute Gasteiger partial charge is 0.508 e. The summed E-state index contributed by atoms with van der Waals surface area (Å²) in [5, 5.41) is 10.2. The highest BCUT2D eigenvalue weighted by Gasteiger charge is 2.11. The van der Waals surface area contributed by atoms with Gasteiger partial charge in [0.05, 0.1) is 10.9 Å². The van der Waals surface area contributed by atoms with Crippen molar-refractivity contribution in [3.63, 3.8) is 0 Å². The normalized spacial score (nSPS) is 10.9. The molecule has 0 spiro atoms. The van der Waals surface area contributed by atoms with Crippen LogP contribution in [0, 0.1) is 13.8 Å². The summed E-state index contributed by atoms with van der Waals surface area (Å²) in [5.41, 5.74) is 3.11. The fourth-order valence-electron chi connectivity index (χ4n) is 2.52. The maximum Gasteiger partial charge on any atom is 0.259 e. The van der Waals surface area contributed by atoms with E-state index < -0.39 is 0 Å². The number of benzene rings is 2. The van der Waals surface area contributed by atoms with Crippen LogP contribution >= 0.6 is 0 Å². The number of nitrogens with zero attached hydrogens (tertiary/aromatic N) is 1. The molecule has 0 saturated heterocycles. The number of H-pyrrole nitrogens is 1. The fourth-order valence-corrected chi connectivity index (χ4v) is 2.52. The Kier molecular flexibility index (Phi) is 2.79. The standard InChI is InChI=1S/C16H14N2O2/c1-9-7-11(19)8-10(2)14(9)15-17-13-6-4-3-5-12(13)16(20)18-15/h3-8,19H,1-2H3,(H,17,18,20). The molecule has 0 atom stereocenters. The van der Waals surface area contributed by atoms with Gasteiger partial charge < -0.3 is 10.1 Å². The molecule has 0 bridgehead atoms. The Bertz CT molecular complexity index is 843. The van der Waals surface area contributed by atoms with Crippen LogP contribution in [0.4, 0.5) is 0 Å². The molecule has 100 valence electrons. The molecular weight excluding hydrogens is 252 g/mol. The number of fused-ring (bicyclic) bond motifs is 1. The SMILES string of the molecule is Cc1cc(O)cc(C)c1-c1nc2ccccc2c(=O)[nH]1. The van der Waals surface area contributed by atoms with Gasteiger partial charge in [0.15, 0.2) is 0 Å². The Morgan fingerprint density at radius 3 is 2.45 bits per heavy atom. The highest BCUT2D eigenvalue weighted by molar-refractivity contribution is 5.80. The minimum atomic E-state index is -0.155. The van der Waals surface area contributed by atoms with E-state index >= 15 is 0 Å². The van der Waals surface area contributed by atoms with Crippen molar-refractivity contribution >= 4 is 10.9 Å². The molecule has 3 rings (SSSR count). The minimum absolute atomic E-state index is 0.155. The van der Waals surface area contributed by atoms with Gasteiger partial charge in [0.25, 0.3) is 5.56 Å². The number of aryl methyl sites for hydroxylation is 2. The molecule has 0 fully saturated rings. The van der Waals surface area contributed by atoms with E-state index in [9.17, 15) is 9.90 Å². The number of rotatable bonds is 1. The van der Waals surface area contributed by atoms with Crippen LogP contribution in [-0.2, 0) is 0 Å². The maximum atomic E-state index is 12.1. The summed E-state index contributed by atoms with van der Waals surface area (Å²) in [6.45, 7) is 3.77. The quantitative estimate of drug-likeness (QED) is 0.711. The van der Waals surface area contributed by atoms with E-state index in [2.05, 4.69) is 9.97 Å². The first-order valence-corrected chi connectivity index (χ1v) is 6.36. The van der Waals surface area contributed by atoms with Gasteiger partial charge in [-0.05, 0) is 49.2 Å². The number of aromatic nitrogens is 2. The predicted molar refractivity (Wildman–Crippen MR) is 78.9 cm³/mol. The maximum absolute atomic E-state index is 12.1. The summed E-state index contributed by atoms with van der Waals surface area (Å²) in [6.07, 6.45) is 0. The van der Waals surface area contributed by atoms with E-state index in [-0.39, 0.29) is 11.3 Å². The summed E-state index contributed by atoms with van der Waals surface area (Å²) >= 11 is 0. The topological polar surface area (TPSA) is 66.0 Å². The van der Waals surface area contributed by atoms with Gasteiger partial charge in [-0.1, -0.05) is 12.1 Å². The number of phenols is 1. The molecule has 4 heteroatoms. The van der Waals surface area contributed by atoms with Gasteiger partial charge in [-0.15, -0.1) is 0 Å². The second kappa shape index (κ2) is 4.49. The van der Waals surface area contributed by atoms with Crippen molar-refractivity contribution in [2.75, 3.05) is 0 Å². The number of hydrogen-bond acceptors (Lipinski definition) is 3. The van der Waals surface area contributed by atoms with E-state index in [1.165, 1.54) is 0 Å². The molecule has 0 unspecified atom stereocenters. The zero-order chi connectivity index (χ0) is 14.3. The summed E-state index contributed by atoms with van der Waals surface area (Å²) < 4.78 is 0. The zero-order valence-corrected chi connectivity index (χ0v) is 11.3. The van der Waals surface area contributed by atoms with Crippen LogP contribution < -0.4 is 5.56 Å². The van der Waals surface area contributed by atoms with E-state index in [1.807, 2.05) is 32.0 Å². The third-order valence-corrected chi connectivity index (χ3v) is 3.37. The van der Waals surface area contributed by atoms with Crippen molar-refractivity contribution in [2.24, 2.45) is 0 Å². The molecule has 0 aliphatic heterocycles. The number of aromatic hydroxyl groups is 1. The van der Waals surface area contributed by atoms with Crippen molar-refractivity contribution < 1.29 is 5.11 Å². The van der Waals surface area contributed by atoms with E-state index in [4.69, 9.17) is 0 Å². The first kappa shape index (κ1) is 12.4. The van der Waals surface area contributed by atoms with E-state index in [1.54, 1.807) is 18.2 Å². The first-order valence-electron chi connectivity index (χ1n) is 6.36. The zero-order valence-electron chi connectivity index (χ0n) is 11.3. The number of para-hydroxylation sites is 1. The van der Waals surface area contributed by atoms with Gasteiger partial charge in [0.2, 0.25) is 0 Å². The van der Waals surface area contributed by atoms with Gasteiger partial charge >= 0.3 is 0 Å². The highest BCUT2D eigenvalue weighted by Crippen LogP contribution is 2.28. The highest BCUT2D eigenvalue weighted by atomic mass is 16.3. The molecule has 1 heterocycles. The van der Waals surface area contributed by atoms with Gasteiger partial charge in [-0.25, -0.2) is 4.98 Å². The molecule has 1 aromatic heterocycles. The van der Waals surface area contributed by atoms with Crippen molar-refractivity contribution in [2.45, 2.75) is 13.8 Å². The Morgan fingerprint density at radius 1 is 1.10 bits per heavy atom. The predicted octanol–water partition coefficient (Wildman–Crippen LogP) is 2.91. The molecule has 2 aromatic carbocycles. The third kappa shape index (κ3) is 1.95. The second-order valence-corrected chi connectivity index (χ2v) is 4.89. The van der Waals surface area contributed by atoms with Crippen molar-refractivity contribution in [3.8, 4) is 17.1 Å². The molecule has 0 radical (unpaired) electrons. The first-order chi connectivity index (χ1) is 9.56. The second-order valence-electron chi connectivity index (χ2n) is 4.89. The van der Waals surface area contributed by atoms with Crippen LogP contribution in [0.3, 0.4) is 0 Å². The van der Waals surface area contributed by atoms with Crippen LogP contribution in [-0.4, -0.2) is 15.1 Å². The summed E-state index contributed by atoms with van der Waals surface area (Å²) in [5.74, 6) is 0.746. The van der Waals surface area contributed by atoms with Gasteiger partial charge in [-0.3, -0.25) is 4.79 Å². The van der Waals surface area contributed by atoms with Crippen LogP contribution in [0.2, 0.25) is 0 Å². The van der Waals surface area contributed by atoms with Gasteiger partial charge in [-0.2, -0.15) is 0 Å². The van der Waals surface area contributed by atoms with Crippen molar-refractivity contribution in [1.82, 2.24) is 9.97 Å². The van der Waals surface area contributed by atoms with Crippen LogP contribution in [0.15, 0.2) is 41.2 Å². The lowest BCUT2D eigenvalue weighted by Crippen LogP contribution is -2.10. The average Bonchev–Trinajstić information content (AvgIpc) is 2.37. The van der Waals surface area contributed by atoms with Crippen molar-refractivity contribution in [3.05, 3.63) is 57.9 Å². The Labute approximate surface area is 115 Å². The molecule has 0 amide bonds. The number of aromatic amines is 1. The Balaban J connectivity index is 2.33. The summed E-state index contributed by atoms with van der Waals surface area (Å²) in [4.78, 5) is 19.5. The summed E-state index contributed by atoms with van der Waals surface area (Å²) in [6, 6.07) is 10.6. The minimum Gasteiger partial charge on any atom is -0.508 e. The molecule has 2 N–H and O–H groups in total. The van der Waals surface area contributed by atoms with Gasteiger partial charge in [0.1, 0.15) is 11.6 Å². The molecule has 4 nitrogen and oxygen atoms in total. The van der Waals surface area contributed by atoms with Crippen LogP contribution in [0.25, 0.3) is 22.3 Å². The van der Waals surface area contributed by atoms with Gasteiger partial charge in [0, 0.05) is 5.56 Å². The molecular formula is C16H14N2O2. The van der Waals surface area contributed by atoms with Crippen LogP contribution in [0.1, 0.15) is 11.1 Å². The average molecular weight is 266 g/mol. The summed E-state index contributed by atoms with van der Waals surface area (Å²) in [7, 11) is 0. The molecule has 0 aliphatic carbocycles. The lowest BCUT2D eigenvalue weighted by Gasteiger charge is -2.10. The lowest BCUT2D eigenvalue weighted by atomic mass is 10.0. The smallest absolute Gasteiger partial charge is 0.259 e. The third-order valence-electron chi connectivity index (χ3n) is 3.37. The molecule has 3 aromatic rings. The van der Waals surface area contributed by atoms with Crippen molar-refractivity contribution in [1.29, 1.82) is 0 Å². The van der Waals surface area contributed by atoms with Crippen LogP contribution in [0.5, 0.6) is 5.75 Å². The number of hydrogen-bond donors (Lipinski definition) is 2. The van der Waals surface area contributed by atoms with E-state index in [0.717, 1.165) is 16.7 Å². The van der Waals surface area contributed by atoms with E-state index in [0.29, 0.717) is 16.7 Å². The number of phenolic OH excluding ortho intramolecular Hbond substituents is 1. The Morgan fingerprint density at radius 2 is 1.75 bits per heavy atom. The monoisotopic (exact) mass is 266 g/mol. The molecule has 0 saturated carbocycles. The molecule has 0 aliphatic rings. The lowest BCUT2D eigenvalue weighted by molar-refractivity contribution is 0.474.